The van der Waals surface area contributed by atoms with E-state index in [1.54, 1.807) is 41.7 Å². The smallest absolute Gasteiger partial charge is 0.225 e. The molecular weight excluding hydrogens is 499 g/mol. The van der Waals surface area contributed by atoms with Crippen molar-refractivity contribution in [2.24, 2.45) is 5.73 Å². The van der Waals surface area contributed by atoms with E-state index in [-0.39, 0.29) is 12.4 Å². The normalized spacial score (nSPS) is 15.6. The van der Waals surface area contributed by atoms with E-state index in [1.165, 1.54) is 12.1 Å². The van der Waals surface area contributed by atoms with Gasteiger partial charge in [-0.25, -0.2) is 24.3 Å². The molecule has 0 amide bonds. The van der Waals surface area contributed by atoms with Crippen molar-refractivity contribution < 1.29 is 9.50 Å². The maximum atomic E-state index is 13.4. The monoisotopic (exact) mass is 528 g/mol. The Labute approximate surface area is 224 Å². The number of aliphatic hydroxyl groups excluding tert-OH is 1. The molecule has 0 saturated carbocycles. The summed E-state index contributed by atoms with van der Waals surface area (Å²) in [6.07, 6.45) is 8.73. The SMILES string of the molecule is C[C@](N)(c1ccc(F)cc1)c1cnc(N2CCN(c3ncnc4[nH]c(-c5cnn(CCO)c5)cc34)CC2)nc1. The molecule has 39 heavy (non-hydrogen) atoms. The van der Waals surface area contributed by atoms with Gasteiger partial charge in [-0.2, -0.15) is 5.10 Å². The number of nitrogens with two attached hydrogens (primary N) is 1. The van der Waals surface area contributed by atoms with Crippen molar-refractivity contribution >= 4 is 22.8 Å². The van der Waals surface area contributed by atoms with Crippen LogP contribution in [0.15, 0.2) is 61.4 Å². The number of aromatic amines is 1. The first kappa shape index (κ1) is 24.9. The minimum absolute atomic E-state index is 0.0347. The number of hydrogen-bond acceptors (Lipinski definition) is 9. The number of fused-ring (bicyclic) bond motifs is 1. The molecule has 0 bridgehead atoms. The number of halogens is 1. The highest BCUT2D eigenvalue weighted by atomic mass is 19.1. The number of aromatic nitrogens is 7. The fourth-order valence-electron chi connectivity index (χ4n) is 4.90. The molecule has 4 N–H and O–H groups in total. The Balaban J connectivity index is 1.15. The number of piperazine rings is 1. The number of anilines is 2. The predicted molar refractivity (Wildman–Crippen MR) is 146 cm³/mol. The molecule has 1 aromatic carbocycles. The number of nitrogens with one attached hydrogen (secondary N) is 1. The van der Waals surface area contributed by atoms with Gasteiger partial charge < -0.3 is 25.6 Å². The van der Waals surface area contributed by atoms with E-state index in [0.29, 0.717) is 12.5 Å². The van der Waals surface area contributed by atoms with E-state index in [0.717, 1.165) is 65.4 Å². The summed E-state index contributed by atoms with van der Waals surface area (Å²) in [5.74, 6) is 1.22. The largest absolute Gasteiger partial charge is 0.394 e. The Kier molecular flexibility index (Phi) is 6.41. The van der Waals surface area contributed by atoms with Crippen LogP contribution in [0.3, 0.4) is 0 Å². The van der Waals surface area contributed by atoms with E-state index >= 15 is 0 Å². The molecule has 1 fully saturated rings. The Morgan fingerprint density at radius 3 is 2.41 bits per heavy atom. The predicted octanol–water partition coefficient (Wildman–Crippen LogP) is 2.29. The highest BCUT2D eigenvalue weighted by molar-refractivity contribution is 5.91. The summed E-state index contributed by atoms with van der Waals surface area (Å²) in [5.41, 5.74) is 9.86. The number of nitrogens with zero attached hydrogens (tertiary/aromatic N) is 8. The lowest BCUT2D eigenvalue weighted by molar-refractivity contribution is 0.269. The van der Waals surface area contributed by atoms with Gasteiger partial charge in [0.25, 0.3) is 0 Å². The highest BCUT2D eigenvalue weighted by Gasteiger charge is 2.26. The van der Waals surface area contributed by atoms with Crippen LogP contribution >= 0.6 is 0 Å². The maximum absolute atomic E-state index is 13.4. The fraction of sp³-hybridized carbons (Fsp3) is 0.296. The van der Waals surface area contributed by atoms with Crippen molar-refractivity contribution in [1.82, 2.24) is 34.7 Å². The lowest BCUT2D eigenvalue weighted by atomic mass is 9.87. The Morgan fingerprint density at radius 1 is 0.974 bits per heavy atom. The summed E-state index contributed by atoms with van der Waals surface area (Å²) in [7, 11) is 0. The molecule has 4 aromatic heterocycles. The number of aliphatic hydroxyl groups is 1. The molecule has 1 aliphatic rings. The van der Waals surface area contributed by atoms with Gasteiger partial charge in [0.2, 0.25) is 5.95 Å². The average Bonchev–Trinajstić information content (AvgIpc) is 3.61. The molecule has 5 heterocycles. The van der Waals surface area contributed by atoms with Gasteiger partial charge in [0.15, 0.2) is 0 Å². The Hall–Kier alpha value is -4.42. The van der Waals surface area contributed by atoms with Crippen molar-refractivity contribution in [3.8, 4) is 11.3 Å². The van der Waals surface area contributed by atoms with Crippen LogP contribution in [0.4, 0.5) is 16.2 Å². The van der Waals surface area contributed by atoms with Crippen LogP contribution in [0.2, 0.25) is 0 Å². The second-order valence-electron chi connectivity index (χ2n) is 9.81. The molecule has 6 rings (SSSR count). The number of H-pyrrole nitrogens is 1. The molecule has 0 radical (unpaired) electrons. The first-order valence-corrected chi connectivity index (χ1v) is 12.8. The van der Waals surface area contributed by atoms with E-state index in [4.69, 9.17) is 10.8 Å². The van der Waals surface area contributed by atoms with Gasteiger partial charge in [-0.3, -0.25) is 4.68 Å². The van der Waals surface area contributed by atoms with Crippen LogP contribution in [0.25, 0.3) is 22.3 Å². The van der Waals surface area contributed by atoms with Crippen LogP contribution in [-0.2, 0) is 12.1 Å². The van der Waals surface area contributed by atoms with E-state index < -0.39 is 5.54 Å². The van der Waals surface area contributed by atoms with Gasteiger partial charge in [0.1, 0.15) is 23.6 Å². The zero-order chi connectivity index (χ0) is 27.0. The Morgan fingerprint density at radius 2 is 1.69 bits per heavy atom. The molecule has 11 nitrogen and oxygen atoms in total. The molecule has 5 aromatic rings. The Bertz CT molecular complexity index is 1570. The fourth-order valence-corrected chi connectivity index (χ4v) is 4.90. The zero-order valence-corrected chi connectivity index (χ0v) is 21.5. The first-order valence-electron chi connectivity index (χ1n) is 12.8. The molecule has 0 aliphatic carbocycles. The standard InChI is InChI=1S/C27H29FN10O/c1-27(29,19-2-4-21(28)5-3-19)20-14-30-26(31-15-20)37-8-6-36(7-9-37)25-22-12-23(35-24(22)32-17-33-25)18-13-34-38(16-18)10-11-39/h2-5,12-17,39H,6-11,29H2,1H3,(H,32,33,35)/t27-/m0/s1. The van der Waals surface area contributed by atoms with Crippen molar-refractivity contribution in [2.75, 3.05) is 42.6 Å². The van der Waals surface area contributed by atoms with Crippen molar-refractivity contribution in [3.63, 3.8) is 0 Å². The summed E-state index contributed by atoms with van der Waals surface area (Å²) in [6.45, 7) is 5.30. The molecule has 0 unspecified atom stereocenters. The minimum Gasteiger partial charge on any atom is -0.394 e. The van der Waals surface area contributed by atoms with Crippen LogP contribution in [0.1, 0.15) is 18.1 Å². The molecule has 1 saturated heterocycles. The summed E-state index contributed by atoms with van der Waals surface area (Å²) < 4.78 is 15.1. The van der Waals surface area contributed by atoms with E-state index in [1.807, 2.05) is 19.2 Å². The van der Waals surface area contributed by atoms with Gasteiger partial charge in [-0.1, -0.05) is 12.1 Å². The van der Waals surface area contributed by atoms with Gasteiger partial charge in [0, 0.05) is 55.9 Å². The number of rotatable bonds is 7. The van der Waals surface area contributed by atoms with Gasteiger partial charge in [-0.05, 0) is 30.7 Å². The third-order valence-electron chi connectivity index (χ3n) is 7.22. The minimum atomic E-state index is -0.837. The lowest BCUT2D eigenvalue weighted by Gasteiger charge is -2.35. The van der Waals surface area contributed by atoms with Crippen LogP contribution in [0.5, 0.6) is 0 Å². The second-order valence-corrected chi connectivity index (χ2v) is 9.81. The topological polar surface area (TPSA) is 138 Å². The van der Waals surface area contributed by atoms with E-state index in [2.05, 4.69) is 39.8 Å². The lowest BCUT2D eigenvalue weighted by Crippen LogP contribution is -2.47. The summed E-state index contributed by atoms with van der Waals surface area (Å²) in [4.78, 5) is 26.0. The third-order valence-corrected chi connectivity index (χ3v) is 7.22. The van der Waals surface area contributed by atoms with Crippen molar-refractivity contribution in [1.29, 1.82) is 0 Å². The van der Waals surface area contributed by atoms with Crippen molar-refractivity contribution in [3.05, 3.63) is 78.4 Å². The second kappa shape index (κ2) is 10.0. The molecule has 1 atom stereocenters. The quantitative estimate of drug-likeness (QED) is 0.290. The van der Waals surface area contributed by atoms with Crippen LogP contribution in [-0.4, -0.2) is 72.6 Å². The maximum Gasteiger partial charge on any atom is 0.225 e. The first-order chi connectivity index (χ1) is 18.9. The van der Waals surface area contributed by atoms with Gasteiger partial charge in [0.05, 0.1) is 36.0 Å². The van der Waals surface area contributed by atoms with Crippen molar-refractivity contribution in [2.45, 2.75) is 19.0 Å². The molecule has 200 valence electrons. The highest BCUT2D eigenvalue weighted by Crippen LogP contribution is 2.30. The van der Waals surface area contributed by atoms with E-state index in [9.17, 15) is 4.39 Å². The third kappa shape index (κ3) is 4.79. The molecule has 12 heteroatoms. The summed E-state index contributed by atoms with van der Waals surface area (Å²) >= 11 is 0. The van der Waals surface area contributed by atoms with Crippen LogP contribution in [0, 0.1) is 5.82 Å². The molecule has 1 aliphatic heterocycles. The zero-order valence-electron chi connectivity index (χ0n) is 21.5. The summed E-state index contributed by atoms with van der Waals surface area (Å²) in [6, 6.07) is 8.22. The number of benzene rings is 1. The molecule has 0 spiro atoms. The molecular formula is C27H29FN10O. The number of hydrogen-bond donors (Lipinski definition) is 3. The van der Waals surface area contributed by atoms with Gasteiger partial charge >= 0.3 is 0 Å². The van der Waals surface area contributed by atoms with Crippen LogP contribution < -0.4 is 15.5 Å². The summed E-state index contributed by atoms with van der Waals surface area (Å²) in [5, 5.41) is 14.4. The van der Waals surface area contributed by atoms with Gasteiger partial charge in [-0.15, -0.1) is 0 Å². The average molecular weight is 529 g/mol.